The summed E-state index contributed by atoms with van der Waals surface area (Å²) in [5.41, 5.74) is 1.68. The standard InChI is InChI=1S/C26H34N4O3/c1-5-19(3)30(20(4)6-2)26(32)17-29-23-15-11-10-14-22(23)28-24(29)16-27-25(31)18-33-21-12-8-7-9-13-21/h7-15,19-20H,5-6,16-18H2,1-4H3,(H,27,31). The number of nitrogens with zero attached hydrogens (tertiary/aromatic N) is 3. The van der Waals surface area contributed by atoms with Crippen LogP contribution < -0.4 is 10.1 Å². The van der Waals surface area contributed by atoms with Crippen molar-refractivity contribution < 1.29 is 14.3 Å². The van der Waals surface area contributed by atoms with E-state index in [9.17, 15) is 9.59 Å². The van der Waals surface area contributed by atoms with Gasteiger partial charge >= 0.3 is 0 Å². The number of para-hydroxylation sites is 3. The maximum atomic E-state index is 13.4. The number of ether oxygens (including phenoxy) is 1. The van der Waals surface area contributed by atoms with E-state index in [0.717, 1.165) is 23.9 Å². The summed E-state index contributed by atoms with van der Waals surface area (Å²) in [6.07, 6.45) is 1.79. The number of imidazole rings is 1. The molecule has 2 amide bonds. The smallest absolute Gasteiger partial charge is 0.258 e. The van der Waals surface area contributed by atoms with Crippen LogP contribution in [-0.2, 0) is 22.7 Å². The molecular weight excluding hydrogens is 416 g/mol. The van der Waals surface area contributed by atoms with Crippen LogP contribution in [0.3, 0.4) is 0 Å². The Kier molecular flexibility index (Phi) is 8.46. The van der Waals surface area contributed by atoms with Crippen molar-refractivity contribution in [1.82, 2.24) is 19.8 Å². The number of amides is 2. The summed E-state index contributed by atoms with van der Waals surface area (Å²) in [5, 5.41) is 2.87. The second-order valence-electron chi connectivity index (χ2n) is 8.30. The Balaban J connectivity index is 1.75. The Hall–Kier alpha value is -3.35. The second-order valence-corrected chi connectivity index (χ2v) is 8.30. The molecule has 3 aromatic rings. The van der Waals surface area contributed by atoms with Crippen molar-refractivity contribution in [3.8, 4) is 5.75 Å². The topological polar surface area (TPSA) is 76.5 Å². The van der Waals surface area contributed by atoms with Crippen molar-refractivity contribution in [3.05, 3.63) is 60.4 Å². The summed E-state index contributed by atoms with van der Waals surface area (Å²) in [5.74, 6) is 1.10. The van der Waals surface area contributed by atoms with Gasteiger partial charge in [-0.05, 0) is 51.0 Å². The molecule has 1 heterocycles. The average molecular weight is 451 g/mol. The number of hydrogen-bond acceptors (Lipinski definition) is 4. The van der Waals surface area contributed by atoms with Crippen LogP contribution in [0.25, 0.3) is 11.0 Å². The Labute approximate surface area is 195 Å². The average Bonchev–Trinajstić information content (AvgIpc) is 3.19. The number of carbonyl (C=O) groups is 2. The van der Waals surface area contributed by atoms with Crippen LogP contribution in [0.4, 0.5) is 0 Å². The number of nitrogens with one attached hydrogen (secondary N) is 1. The van der Waals surface area contributed by atoms with Gasteiger partial charge in [-0.25, -0.2) is 4.98 Å². The van der Waals surface area contributed by atoms with Crippen LogP contribution in [-0.4, -0.2) is 45.0 Å². The van der Waals surface area contributed by atoms with Gasteiger partial charge in [-0.15, -0.1) is 0 Å². The molecule has 1 N–H and O–H groups in total. The van der Waals surface area contributed by atoms with Gasteiger partial charge in [-0.1, -0.05) is 44.2 Å². The number of rotatable bonds is 11. The molecular formula is C26H34N4O3. The highest BCUT2D eigenvalue weighted by Gasteiger charge is 2.25. The van der Waals surface area contributed by atoms with Gasteiger partial charge in [0, 0.05) is 12.1 Å². The monoisotopic (exact) mass is 450 g/mol. The molecule has 2 unspecified atom stereocenters. The van der Waals surface area contributed by atoms with Crippen LogP contribution in [0.2, 0.25) is 0 Å². The molecule has 7 nitrogen and oxygen atoms in total. The minimum absolute atomic E-state index is 0.0573. The van der Waals surface area contributed by atoms with E-state index in [-0.39, 0.29) is 43.6 Å². The maximum Gasteiger partial charge on any atom is 0.258 e. The van der Waals surface area contributed by atoms with Crippen molar-refractivity contribution in [1.29, 1.82) is 0 Å². The molecule has 2 atom stereocenters. The molecule has 0 bridgehead atoms. The molecule has 0 aliphatic carbocycles. The van der Waals surface area contributed by atoms with Crippen LogP contribution in [0.5, 0.6) is 5.75 Å². The summed E-state index contributed by atoms with van der Waals surface area (Å²) < 4.78 is 7.43. The Morgan fingerprint density at radius 1 is 1.00 bits per heavy atom. The van der Waals surface area contributed by atoms with Gasteiger partial charge in [-0.3, -0.25) is 9.59 Å². The molecule has 0 spiro atoms. The first-order valence-corrected chi connectivity index (χ1v) is 11.6. The number of fused-ring (bicyclic) bond motifs is 1. The lowest BCUT2D eigenvalue weighted by molar-refractivity contribution is -0.136. The lowest BCUT2D eigenvalue weighted by Crippen LogP contribution is -2.46. The molecule has 1 aromatic heterocycles. The second kappa shape index (κ2) is 11.5. The number of hydrogen-bond donors (Lipinski definition) is 1. The van der Waals surface area contributed by atoms with E-state index in [2.05, 4.69) is 38.0 Å². The minimum atomic E-state index is -0.246. The third-order valence-electron chi connectivity index (χ3n) is 6.00. The third kappa shape index (κ3) is 6.12. The first kappa shape index (κ1) is 24.3. The summed E-state index contributed by atoms with van der Waals surface area (Å²) in [6, 6.07) is 17.2. The summed E-state index contributed by atoms with van der Waals surface area (Å²) in [6.45, 7) is 8.68. The van der Waals surface area contributed by atoms with Gasteiger partial charge in [-0.2, -0.15) is 0 Å². The lowest BCUT2D eigenvalue weighted by Gasteiger charge is -2.34. The highest BCUT2D eigenvalue weighted by molar-refractivity contribution is 5.82. The molecule has 0 saturated carbocycles. The Bertz CT molecular complexity index is 1050. The maximum absolute atomic E-state index is 13.4. The van der Waals surface area contributed by atoms with Gasteiger partial charge in [0.1, 0.15) is 18.1 Å². The van der Waals surface area contributed by atoms with Crippen molar-refractivity contribution >= 4 is 22.8 Å². The number of aromatic nitrogens is 2. The van der Waals surface area contributed by atoms with Crippen LogP contribution in [0, 0.1) is 0 Å². The molecule has 176 valence electrons. The van der Waals surface area contributed by atoms with Crippen LogP contribution in [0.15, 0.2) is 54.6 Å². The van der Waals surface area contributed by atoms with Crippen LogP contribution in [0.1, 0.15) is 46.4 Å². The first-order chi connectivity index (χ1) is 15.9. The van der Waals surface area contributed by atoms with Crippen LogP contribution >= 0.6 is 0 Å². The molecule has 2 aromatic carbocycles. The molecule has 0 aliphatic heterocycles. The molecule has 0 fully saturated rings. The van der Waals surface area contributed by atoms with Gasteiger partial charge in [0.25, 0.3) is 5.91 Å². The van der Waals surface area contributed by atoms with E-state index in [1.165, 1.54) is 0 Å². The lowest BCUT2D eigenvalue weighted by atomic mass is 10.1. The Morgan fingerprint density at radius 2 is 1.64 bits per heavy atom. The van der Waals surface area contributed by atoms with Gasteiger partial charge in [0.2, 0.25) is 5.91 Å². The van der Waals surface area contributed by atoms with Crippen molar-refractivity contribution in [3.63, 3.8) is 0 Å². The van der Waals surface area contributed by atoms with E-state index in [1.807, 2.05) is 51.9 Å². The summed E-state index contributed by atoms with van der Waals surface area (Å²) >= 11 is 0. The molecule has 0 aliphatic rings. The number of carbonyl (C=O) groups excluding carboxylic acids is 2. The normalized spacial score (nSPS) is 12.8. The van der Waals surface area contributed by atoms with Crippen molar-refractivity contribution in [2.24, 2.45) is 0 Å². The van der Waals surface area contributed by atoms with E-state index in [1.54, 1.807) is 12.1 Å². The first-order valence-electron chi connectivity index (χ1n) is 11.6. The molecule has 7 heteroatoms. The van der Waals surface area contributed by atoms with Crippen molar-refractivity contribution in [2.75, 3.05) is 6.61 Å². The summed E-state index contributed by atoms with van der Waals surface area (Å²) in [4.78, 5) is 32.4. The predicted molar refractivity (Wildman–Crippen MR) is 130 cm³/mol. The quantitative estimate of drug-likeness (QED) is 0.476. The van der Waals surface area contributed by atoms with Gasteiger partial charge < -0.3 is 19.5 Å². The van der Waals surface area contributed by atoms with E-state index in [0.29, 0.717) is 11.6 Å². The minimum Gasteiger partial charge on any atom is -0.484 e. The SMILES string of the molecule is CCC(C)N(C(=O)Cn1c(CNC(=O)COc2ccccc2)nc2ccccc21)C(C)CC. The van der Waals surface area contributed by atoms with Gasteiger partial charge in [0.05, 0.1) is 17.6 Å². The zero-order valence-electron chi connectivity index (χ0n) is 20.0. The largest absolute Gasteiger partial charge is 0.484 e. The molecule has 0 saturated heterocycles. The highest BCUT2D eigenvalue weighted by atomic mass is 16.5. The fourth-order valence-corrected chi connectivity index (χ4v) is 3.87. The molecule has 0 radical (unpaired) electrons. The zero-order chi connectivity index (χ0) is 23.8. The van der Waals surface area contributed by atoms with E-state index in [4.69, 9.17) is 4.74 Å². The molecule has 3 rings (SSSR count). The zero-order valence-corrected chi connectivity index (χ0v) is 20.0. The third-order valence-corrected chi connectivity index (χ3v) is 6.00. The fourth-order valence-electron chi connectivity index (χ4n) is 3.87. The van der Waals surface area contributed by atoms with E-state index < -0.39 is 0 Å². The Morgan fingerprint density at radius 3 is 2.30 bits per heavy atom. The summed E-state index contributed by atoms with van der Waals surface area (Å²) in [7, 11) is 0. The van der Waals surface area contributed by atoms with Crippen molar-refractivity contribution in [2.45, 2.75) is 65.7 Å². The number of benzene rings is 2. The van der Waals surface area contributed by atoms with Gasteiger partial charge in [0.15, 0.2) is 6.61 Å². The predicted octanol–water partition coefficient (Wildman–Crippen LogP) is 4.16. The molecule has 33 heavy (non-hydrogen) atoms. The highest BCUT2D eigenvalue weighted by Crippen LogP contribution is 2.19. The van der Waals surface area contributed by atoms with E-state index >= 15 is 0 Å². The fraction of sp³-hybridized carbons (Fsp3) is 0.423.